The van der Waals surface area contributed by atoms with Gasteiger partial charge in [0.2, 0.25) is 0 Å². The lowest BCUT2D eigenvalue weighted by Crippen LogP contribution is -1.98. The molecule has 0 fully saturated rings. The summed E-state index contributed by atoms with van der Waals surface area (Å²) in [6.07, 6.45) is 15.9. The van der Waals surface area contributed by atoms with Gasteiger partial charge in [0, 0.05) is 6.07 Å². The van der Waals surface area contributed by atoms with Gasteiger partial charge in [-0.05, 0) is 12.5 Å². The lowest BCUT2D eigenvalue weighted by atomic mass is 10.1. The number of hydrogen-bond acceptors (Lipinski definition) is 1. The van der Waals surface area contributed by atoms with Gasteiger partial charge < -0.3 is 4.74 Å². The van der Waals surface area contributed by atoms with Crippen molar-refractivity contribution in [1.29, 1.82) is 0 Å². The van der Waals surface area contributed by atoms with E-state index in [1.807, 2.05) is 0 Å². The summed E-state index contributed by atoms with van der Waals surface area (Å²) in [5.41, 5.74) is 7.92. The van der Waals surface area contributed by atoms with Gasteiger partial charge in [-0.3, -0.25) is 5.73 Å². The molecule has 0 saturated heterocycles. The van der Waals surface area contributed by atoms with Crippen LogP contribution in [0.1, 0.15) is 84.0 Å². The van der Waals surface area contributed by atoms with Gasteiger partial charge in [-0.2, -0.15) is 0 Å². The Hall–Kier alpha value is -0.600. The summed E-state index contributed by atoms with van der Waals surface area (Å²) < 4.78 is 5.65. The van der Waals surface area contributed by atoms with E-state index in [4.69, 9.17) is 33.7 Å². The maximum absolute atomic E-state index is 7.66. The molecule has 4 heteroatoms. The van der Waals surface area contributed by atoms with E-state index in [1.165, 1.54) is 70.6 Å². The second-order valence-electron chi connectivity index (χ2n) is 6.50. The van der Waals surface area contributed by atoms with Crippen molar-refractivity contribution in [2.24, 2.45) is 0 Å². The van der Waals surface area contributed by atoms with Crippen LogP contribution in [0.15, 0.2) is 12.1 Å². The predicted molar refractivity (Wildman–Crippen MR) is 106 cm³/mol. The zero-order valence-electron chi connectivity index (χ0n) is 15.0. The maximum Gasteiger partial charge on any atom is 0.140 e. The van der Waals surface area contributed by atoms with Crippen molar-refractivity contribution in [3.05, 3.63) is 22.2 Å². The van der Waals surface area contributed by atoms with Crippen LogP contribution in [-0.4, -0.2) is 6.61 Å². The Balaban J connectivity index is 1.93. The average molecular weight is 373 g/mol. The Kier molecular flexibility index (Phi) is 12.2. The van der Waals surface area contributed by atoms with Crippen molar-refractivity contribution in [2.75, 3.05) is 6.61 Å². The highest BCUT2D eigenvalue weighted by Crippen LogP contribution is 2.33. The Labute approximate surface area is 158 Å². The molecular weight excluding hydrogens is 341 g/mol. The van der Waals surface area contributed by atoms with Gasteiger partial charge in [-0.1, -0.05) is 101 Å². The van der Waals surface area contributed by atoms with Crippen LogP contribution in [0.5, 0.6) is 5.75 Å². The lowest BCUT2D eigenvalue weighted by molar-refractivity contribution is 0.304. The quantitative estimate of drug-likeness (QED) is 0.304. The number of hydrogen-bond donors (Lipinski definition) is 0. The highest BCUT2D eigenvalue weighted by molar-refractivity contribution is 6.36. The molecule has 137 valence electrons. The zero-order valence-corrected chi connectivity index (χ0v) is 16.5. The minimum Gasteiger partial charge on any atom is -0.492 e. The number of ether oxygens (including phenoxy) is 1. The fraction of sp³-hybridized carbons (Fsp3) is 0.700. The normalized spacial score (nSPS) is 11.0. The van der Waals surface area contributed by atoms with Gasteiger partial charge in [0.25, 0.3) is 0 Å². The molecule has 1 radical (unpaired) electrons. The highest BCUT2D eigenvalue weighted by atomic mass is 35.5. The summed E-state index contributed by atoms with van der Waals surface area (Å²) >= 11 is 11.9. The van der Waals surface area contributed by atoms with Gasteiger partial charge in [-0.25, -0.2) is 0 Å². The predicted octanol–water partition coefficient (Wildman–Crippen LogP) is 7.99. The first-order chi connectivity index (χ1) is 11.6. The SMILES string of the molecule is CCCCCCCCCCCCCCOc1cc([NH])c(Cl)cc1Cl. The first-order valence-electron chi connectivity index (χ1n) is 9.48. The monoisotopic (exact) mass is 372 g/mol. The smallest absolute Gasteiger partial charge is 0.140 e. The third kappa shape index (κ3) is 9.64. The standard InChI is InChI=1S/C20H32Cl2NO/c1-2-3-4-5-6-7-8-9-10-11-12-13-14-24-20-16-19(23)17(21)15-18(20)22/h15-16,23H,2-14H2,1H3. The minimum atomic E-state index is 0.255. The summed E-state index contributed by atoms with van der Waals surface area (Å²) in [5.74, 6) is 0.564. The van der Waals surface area contributed by atoms with E-state index in [1.54, 1.807) is 12.1 Å². The molecule has 0 unspecified atom stereocenters. The summed E-state index contributed by atoms with van der Waals surface area (Å²) in [6.45, 7) is 2.92. The molecule has 1 aromatic carbocycles. The number of halogens is 2. The molecule has 0 heterocycles. The number of rotatable bonds is 14. The summed E-state index contributed by atoms with van der Waals surface area (Å²) in [7, 11) is 0. The fourth-order valence-electron chi connectivity index (χ4n) is 2.76. The van der Waals surface area contributed by atoms with Crippen LogP contribution in [0.25, 0.3) is 0 Å². The van der Waals surface area contributed by atoms with Crippen LogP contribution in [0.3, 0.4) is 0 Å². The zero-order chi connectivity index (χ0) is 17.6. The molecule has 2 nitrogen and oxygen atoms in total. The Bertz CT molecular complexity index is 452. The van der Waals surface area contributed by atoms with E-state index in [0.29, 0.717) is 22.4 Å². The van der Waals surface area contributed by atoms with E-state index >= 15 is 0 Å². The molecular formula is C20H32Cl2NO. The third-order valence-corrected chi connectivity index (χ3v) is 4.89. The molecule has 0 aliphatic rings. The van der Waals surface area contributed by atoms with Crippen molar-refractivity contribution < 1.29 is 4.74 Å². The number of unbranched alkanes of at least 4 members (excludes halogenated alkanes) is 11. The molecule has 0 bridgehead atoms. The van der Waals surface area contributed by atoms with E-state index in [0.717, 1.165) is 6.42 Å². The van der Waals surface area contributed by atoms with Gasteiger partial charge in [-0.15, -0.1) is 0 Å². The van der Waals surface area contributed by atoms with E-state index in [9.17, 15) is 0 Å². The topological polar surface area (TPSA) is 33.0 Å². The van der Waals surface area contributed by atoms with Crippen molar-refractivity contribution in [1.82, 2.24) is 5.73 Å². The Morgan fingerprint density at radius 1 is 0.750 bits per heavy atom. The van der Waals surface area contributed by atoms with E-state index in [2.05, 4.69) is 6.92 Å². The Morgan fingerprint density at radius 3 is 1.79 bits per heavy atom. The molecule has 0 amide bonds. The second kappa shape index (κ2) is 13.7. The lowest BCUT2D eigenvalue weighted by Gasteiger charge is -2.09. The van der Waals surface area contributed by atoms with Crippen LogP contribution in [0.2, 0.25) is 10.0 Å². The first-order valence-corrected chi connectivity index (χ1v) is 10.2. The second-order valence-corrected chi connectivity index (χ2v) is 7.31. The van der Waals surface area contributed by atoms with Crippen LogP contribution < -0.4 is 10.5 Å². The molecule has 0 aliphatic carbocycles. The van der Waals surface area contributed by atoms with E-state index in [-0.39, 0.29) is 5.69 Å². The van der Waals surface area contributed by atoms with Gasteiger partial charge in [0.15, 0.2) is 0 Å². The molecule has 1 rings (SSSR count). The third-order valence-electron chi connectivity index (χ3n) is 4.28. The molecule has 0 atom stereocenters. The van der Waals surface area contributed by atoms with Crippen molar-refractivity contribution in [2.45, 2.75) is 84.0 Å². The average Bonchev–Trinajstić information content (AvgIpc) is 2.56. The Morgan fingerprint density at radius 2 is 1.25 bits per heavy atom. The largest absolute Gasteiger partial charge is 0.492 e. The van der Waals surface area contributed by atoms with Crippen LogP contribution in [0.4, 0.5) is 5.69 Å². The molecule has 0 aliphatic heterocycles. The molecule has 0 aromatic heterocycles. The van der Waals surface area contributed by atoms with E-state index < -0.39 is 0 Å². The summed E-state index contributed by atoms with van der Waals surface area (Å²) in [4.78, 5) is 0. The molecule has 0 saturated carbocycles. The minimum absolute atomic E-state index is 0.255. The van der Waals surface area contributed by atoms with Crippen molar-refractivity contribution in [3.8, 4) is 5.75 Å². The summed E-state index contributed by atoms with van der Waals surface area (Å²) in [6, 6.07) is 3.16. The van der Waals surface area contributed by atoms with Gasteiger partial charge >= 0.3 is 0 Å². The molecule has 1 aromatic rings. The molecule has 0 spiro atoms. The van der Waals surface area contributed by atoms with Gasteiger partial charge in [0.05, 0.1) is 22.3 Å². The van der Waals surface area contributed by atoms with Crippen LogP contribution in [0, 0.1) is 0 Å². The van der Waals surface area contributed by atoms with Gasteiger partial charge in [0.1, 0.15) is 5.75 Å². The van der Waals surface area contributed by atoms with Crippen molar-refractivity contribution >= 4 is 28.9 Å². The molecule has 1 N–H and O–H groups in total. The molecule has 24 heavy (non-hydrogen) atoms. The van der Waals surface area contributed by atoms with Crippen LogP contribution >= 0.6 is 23.2 Å². The fourth-order valence-corrected chi connectivity index (χ4v) is 3.20. The first kappa shape index (κ1) is 21.4. The van der Waals surface area contributed by atoms with Crippen LogP contribution in [-0.2, 0) is 0 Å². The number of benzene rings is 1. The maximum atomic E-state index is 7.66. The van der Waals surface area contributed by atoms with Crippen molar-refractivity contribution in [3.63, 3.8) is 0 Å². The summed E-state index contributed by atoms with van der Waals surface area (Å²) in [5, 5.41) is 0.840. The number of nitrogens with one attached hydrogen (secondary N) is 1. The highest BCUT2D eigenvalue weighted by Gasteiger charge is 2.06.